The van der Waals surface area contributed by atoms with Gasteiger partial charge in [0.2, 0.25) is 11.8 Å². The highest BCUT2D eigenvalue weighted by Gasteiger charge is 2.25. The second-order valence-corrected chi connectivity index (χ2v) is 5.45. The SMILES string of the molecule is Cc1oc(-c2ccccc2)nc1CC(=O)N1CC[C@@H](N)C1. The van der Waals surface area contributed by atoms with Crippen molar-refractivity contribution in [2.45, 2.75) is 25.8 Å². The minimum Gasteiger partial charge on any atom is -0.441 e. The molecule has 0 aliphatic carbocycles. The number of carbonyl (C=O) groups excluding carboxylic acids is 1. The zero-order chi connectivity index (χ0) is 14.8. The molecule has 1 aromatic carbocycles. The molecule has 1 amide bonds. The Hall–Kier alpha value is -2.14. The number of hydrogen-bond acceptors (Lipinski definition) is 4. The Kier molecular flexibility index (Phi) is 3.75. The first-order chi connectivity index (χ1) is 10.1. The number of aromatic nitrogens is 1. The highest BCUT2D eigenvalue weighted by Crippen LogP contribution is 2.22. The van der Waals surface area contributed by atoms with Crippen molar-refractivity contribution in [3.8, 4) is 11.5 Å². The van der Waals surface area contributed by atoms with Crippen LogP contribution >= 0.6 is 0 Å². The van der Waals surface area contributed by atoms with Crippen LogP contribution in [0.1, 0.15) is 17.9 Å². The Morgan fingerprint density at radius 1 is 1.43 bits per heavy atom. The molecule has 5 nitrogen and oxygen atoms in total. The molecule has 110 valence electrons. The molecule has 1 aliphatic rings. The van der Waals surface area contributed by atoms with Gasteiger partial charge in [0.15, 0.2) is 0 Å². The molecule has 5 heteroatoms. The van der Waals surface area contributed by atoms with Crippen molar-refractivity contribution in [2.24, 2.45) is 5.73 Å². The van der Waals surface area contributed by atoms with Gasteiger partial charge in [-0.3, -0.25) is 4.79 Å². The average molecular weight is 285 g/mol. The molecule has 2 aromatic rings. The topological polar surface area (TPSA) is 72.4 Å². The normalized spacial score (nSPS) is 18.2. The number of aryl methyl sites for hydroxylation is 1. The van der Waals surface area contributed by atoms with E-state index in [9.17, 15) is 4.79 Å². The third kappa shape index (κ3) is 2.97. The molecule has 0 spiro atoms. The van der Waals surface area contributed by atoms with Crippen molar-refractivity contribution in [1.82, 2.24) is 9.88 Å². The second-order valence-electron chi connectivity index (χ2n) is 5.45. The molecular formula is C16H19N3O2. The van der Waals surface area contributed by atoms with E-state index in [1.807, 2.05) is 37.3 Å². The number of nitrogens with two attached hydrogens (primary N) is 1. The van der Waals surface area contributed by atoms with E-state index in [0.717, 1.165) is 18.5 Å². The number of hydrogen-bond donors (Lipinski definition) is 1. The summed E-state index contributed by atoms with van der Waals surface area (Å²) in [5.74, 6) is 1.33. The number of amides is 1. The van der Waals surface area contributed by atoms with E-state index in [0.29, 0.717) is 23.9 Å². The van der Waals surface area contributed by atoms with Gasteiger partial charge in [-0.1, -0.05) is 18.2 Å². The molecule has 1 aliphatic heterocycles. The van der Waals surface area contributed by atoms with Crippen LogP contribution in [0.25, 0.3) is 11.5 Å². The number of rotatable bonds is 3. The van der Waals surface area contributed by atoms with Crippen LogP contribution in [0, 0.1) is 6.92 Å². The average Bonchev–Trinajstić information content (AvgIpc) is 3.07. The van der Waals surface area contributed by atoms with Gasteiger partial charge in [-0.05, 0) is 25.5 Å². The van der Waals surface area contributed by atoms with Crippen molar-refractivity contribution in [1.29, 1.82) is 0 Å². The number of nitrogens with zero attached hydrogens (tertiary/aromatic N) is 2. The Bertz CT molecular complexity index is 636. The second kappa shape index (κ2) is 5.69. The summed E-state index contributed by atoms with van der Waals surface area (Å²) in [7, 11) is 0. The van der Waals surface area contributed by atoms with Crippen molar-refractivity contribution in [2.75, 3.05) is 13.1 Å². The molecule has 2 N–H and O–H groups in total. The minimum atomic E-state index is 0.0685. The summed E-state index contributed by atoms with van der Waals surface area (Å²) in [4.78, 5) is 18.5. The molecule has 0 saturated carbocycles. The van der Waals surface area contributed by atoms with Gasteiger partial charge in [0, 0.05) is 24.7 Å². The van der Waals surface area contributed by atoms with E-state index in [1.54, 1.807) is 4.90 Å². The Balaban J connectivity index is 1.74. The lowest BCUT2D eigenvalue weighted by Gasteiger charge is -2.14. The van der Waals surface area contributed by atoms with Gasteiger partial charge < -0.3 is 15.1 Å². The largest absolute Gasteiger partial charge is 0.441 e. The third-order valence-electron chi connectivity index (χ3n) is 3.81. The van der Waals surface area contributed by atoms with E-state index >= 15 is 0 Å². The monoisotopic (exact) mass is 285 g/mol. The fourth-order valence-corrected chi connectivity index (χ4v) is 2.57. The van der Waals surface area contributed by atoms with Gasteiger partial charge in [-0.25, -0.2) is 4.98 Å². The van der Waals surface area contributed by atoms with Gasteiger partial charge in [0.05, 0.1) is 12.1 Å². The molecule has 21 heavy (non-hydrogen) atoms. The first kappa shape index (κ1) is 13.8. The lowest BCUT2D eigenvalue weighted by molar-refractivity contribution is -0.129. The minimum absolute atomic E-state index is 0.0685. The van der Waals surface area contributed by atoms with Crippen LogP contribution in [0.15, 0.2) is 34.7 Å². The lowest BCUT2D eigenvalue weighted by atomic mass is 10.2. The van der Waals surface area contributed by atoms with Gasteiger partial charge in [-0.2, -0.15) is 0 Å². The van der Waals surface area contributed by atoms with Crippen LogP contribution in [-0.4, -0.2) is 34.9 Å². The molecule has 3 rings (SSSR count). The van der Waals surface area contributed by atoms with Crippen molar-refractivity contribution < 1.29 is 9.21 Å². The number of carbonyl (C=O) groups is 1. The number of oxazole rings is 1. The van der Waals surface area contributed by atoms with Gasteiger partial charge in [-0.15, -0.1) is 0 Å². The van der Waals surface area contributed by atoms with Crippen LogP contribution in [0.4, 0.5) is 0 Å². The highest BCUT2D eigenvalue weighted by atomic mass is 16.4. The van der Waals surface area contributed by atoms with E-state index < -0.39 is 0 Å². The summed E-state index contributed by atoms with van der Waals surface area (Å²) in [5.41, 5.74) is 7.46. The first-order valence-corrected chi connectivity index (χ1v) is 7.18. The number of benzene rings is 1. The Morgan fingerprint density at radius 2 is 2.19 bits per heavy atom. The summed E-state index contributed by atoms with van der Waals surface area (Å²) in [5, 5.41) is 0. The Labute approximate surface area is 123 Å². The van der Waals surface area contributed by atoms with Gasteiger partial charge in [0.25, 0.3) is 0 Å². The smallest absolute Gasteiger partial charge is 0.228 e. The molecular weight excluding hydrogens is 266 g/mol. The summed E-state index contributed by atoms with van der Waals surface area (Å²) in [6.07, 6.45) is 1.15. The summed E-state index contributed by atoms with van der Waals surface area (Å²) in [6.45, 7) is 3.22. The van der Waals surface area contributed by atoms with Crippen molar-refractivity contribution in [3.05, 3.63) is 41.8 Å². The molecule has 2 heterocycles. The van der Waals surface area contributed by atoms with Crippen molar-refractivity contribution in [3.63, 3.8) is 0 Å². The third-order valence-corrected chi connectivity index (χ3v) is 3.81. The summed E-state index contributed by atoms with van der Waals surface area (Å²) >= 11 is 0. The van der Waals surface area contributed by atoms with Crippen LogP contribution in [0.5, 0.6) is 0 Å². The quantitative estimate of drug-likeness (QED) is 0.932. The fraction of sp³-hybridized carbons (Fsp3) is 0.375. The number of likely N-dealkylation sites (tertiary alicyclic amines) is 1. The maximum Gasteiger partial charge on any atom is 0.228 e. The van der Waals surface area contributed by atoms with E-state index in [-0.39, 0.29) is 18.4 Å². The van der Waals surface area contributed by atoms with Gasteiger partial charge in [0.1, 0.15) is 5.76 Å². The molecule has 0 radical (unpaired) electrons. The maximum absolute atomic E-state index is 12.2. The zero-order valence-electron chi connectivity index (χ0n) is 12.1. The zero-order valence-corrected chi connectivity index (χ0v) is 12.1. The van der Waals surface area contributed by atoms with Crippen molar-refractivity contribution >= 4 is 5.91 Å². The molecule has 0 bridgehead atoms. The molecule has 0 unspecified atom stereocenters. The maximum atomic E-state index is 12.2. The molecule has 1 saturated heterocycles. The predicted molar refractivity (Wildman–Crippen MR) is 79.6 cm³/mol. The Morgan fingerprint density at radius 3 is 2.86 bits per heavy atom. The van der Waals surface area contributed by atoms with Gasteiger partial charge >= 0.3 is 0 Å². The molecule has 1 fully saturated rings. The summed E-state index contributed by atoms with van der Waals surface area (Å²) in [6, 6.07) is 9.80. The highest BCUT2D eigenvalue weighted by molar-refractivity contribution is 5.79. The van der Waals surface area contributed by atoms with E-state index in [1.165, 1.54) is 0 Å². The first-order valence-electron chi connectivity index (χ1n) is 7.18. The molecule has 1 aromatic heterocycles. The van der Waals surface area contributed by atoms with Crippen LogP contribution in [0.2, 0.25) is 0 Å². The van der Waals surface area contributed by atoms with Crippen LogP contribution < -0.4 is 5.73 Å². The van der Waals surface area contributed by atoms with Crippen LogP contribution in [-0.2, 0) is 11.2 Å². The summed E-state index contributed by atoms with van der Waals surface area (Å²) < 4.78 is 5.68. The molecule has 1 atom stereocenters. The lowest BCUT2D eigenvalue weighted by Crippen LogP contribution is -2.33. The predicted octanol–water partition coefficient (Wildman–Crippen LogP) is 1.75. The van der Waals surface area contributed by atoms with E-state index in [4.69, 9.17) is 10.2 Å². The van der Waals surface area contributed by atoms with Crippen LogP contribution in [0.3, 0.4) is 0 Å². The van der Waals surface area contributed by atoms with E-state index in [2.05, 4.69) is 4.98 Å². The fourth-order valence-electron chi connectivity index (χ4n) is 2.57. The standard InChI is InChI=1S/C16H19N3O2/c1-11-14(9-15(20)19-8-7-13(17)10-19)18-16(21-11)12-5-3-2-4-6-12/h2-6,13H,7-10,17H2,1H3/t13-/m1/s1.